The van der Waals surface area contributed by atoms with E-state index in [-0.39, 0.29) is 6.04 Å². The first-order chi connectivity index (χ1) is 8.13. The summed E-state index contributed by atoms with van der Waals surface area (Å²) in [7, 11) is 0. The molecule has 3 unspecified atom stereocenters. The molecular weight excluding hydrogens is 346 g/mol. The Balaban J connectivity index is 2.24. The molecule has 1 aromatic rings. The number of ether oxygens (including phenoxy) is 1. The van der Waals surface area contributed by atoms with Crippen LogP contribution in [-0.2, 0) is 4.74 Å². The second-order valence-corrected chi connectivity index (χ2v) is 6.23. The molecule has 0 spiro atoms. The minimum atomic E-state index is 0.0364. The van der Waals surface area contributed by atoms with Crippen molar-refractivity contribution in [1.29, 1.82) is 0 Å². The molecule has 2 N–H and O–H groups in total. The Morgan fingerprint density at radius 3 is 2.94 bits per heavy atom. The Morgan fingerprint density at radius 1 is 1.47 bits per heavy atom. The molecule has 0 amide bonds. The summed E-state index contributed by atoms with van der Waals surface area (Å²) >= 11 is 7.08. The summed E-state index contributed by atoms with van der Waals surface area (Å²) in [6.07, 6.45) is 2.39. The van der Waals surface area contributed by atoms with E-state index in [4.69, 9.17) is 10.5 Å². The number of hydrogen-bond donors (Lipinski definition) is 1. The van der Waals surface area contributed by atoms with Gasteiger partial charge in [-0.05, 0) is 36.6 Å². The lowest BCUT2D eigenvalue weighted by molar-refractivity contribution is 0.0813. The van der Waals surface area contributed by atoms with Gasteiger partial charge in [0.05, 0.1) is 6.10 Å². The highest BCUT2D eigenvalue weighted by molar-refractivity contribution is 9.11. The molecule has 1 heterocycles. The van der Waals surface area contributed by atoms with Gasteiger partial charge >= 0.3 is 0 Å². The van der Waals surface area contributed by atoms with Crippen LogP contribution in [0.3, 0.4) is 0 Å². The molecule has 0 bridgehead atoms. The van der Waals surface area contributed by atoms with Crippen LogP contribution in [0.25, 0.3) is 0 Å². The Kier molecular flexibility index (Phi) is 4.64. The van der Waals surface area contributed by atoms with Gasteiger partial charge in [-0.2, -0.15) is 0 Å². The van der Waals surface area contributed by atoms with E-state index >= 15 is 0 Å². The quantitative estimate of drug-likeness (QED) is 0.881. The van der Waals surface area contributed by atoms with Gasteiger partial charge in [0, 0.05) is 27.5 Å². The van der Waals surface area contributed by atoms with Gasteiger partial charge in [0.2, 0.25) is 0 Å². The number of nitrogens with two attached hydrogens (primary N) is 1. The third-order valence-electron chi connectivity index (χ3n) is 3.44. The monoisotopic (exact) mass is 361 g/mol. The van der Waals surface area contributed by atoms with Crippen LogP contribution in [0.15, 0.2) is 27.1 Å². The molecule has 2 rings (SSSR count). The lowest BCUT2D eigenvalue weighted by atomic mass is 9.87. The van der Waals surface area contributed by atoms with Gasteiger partial charge in [0.15, 0.2) is 0 Å². The molecule has 94 valence electrons. The van der Waals surface area contributed by atoms with Crippen molar-refractivity contribution in [1.82, 2.24) is 0 Å². The number of benzene rings is 1. The van der Waals surface area contributed by atoms with Crippen molar-refractivity contribution in [2.75, 3.05) is 6.61 Å². The van der Waals surface area contributed by atoms with Crippen molar-refractivity contribution >= 4 is 31.9 Å². The van der Waals surface area contributed by atoms with E-state index in [1.807, 2.05) is 12.1 Å². The minimum Gasteiger partial charge on any atom is -0.378 e. The Hall–Kier alpha value is 0.1000. The van der Waals surface area contributed by atoms with E-state index < -0.39 is 0 Å². The van der Waals surface area contributed by atoms with Crippen molar-refractivity contribution in [3.8, 4) is 0 Å². The van der Waals surface area contributed by atoms with Gasteiger partial charge in [-0.15, -0.1) is 0 Å². The van der Waals surface area contributed by atoms with E-state index in [0.29, 0.717) is 12.0 Å². The molecule has 1 aromatic carbocycles. The summed E-state index contributed by atoms with van der Waals surface area (Å²) in [5, 5.41) is 0. The van der Waals surface area contributed by atoms with Gasteiger partial charge in [-0.3, -0.25) is 0 Å². The van der Waals surface area contributed by atoms with Crippen LogP contribution in [0.5, 0.6) is 0 Å². The fraction of sp³-hybridized carbons (Fsp3) is 0.538. The highest BCUT2D eigenvalue weighted by atomic mass is 79.9. The van der Waals surface area contributed by atoms with E-state index in [2.05, 4.69) is 44.8 Å². The first kappa shape index (κ1) is 13.5. The molecule has 4 heteroatoms. The third kappa shape index (κ3) is 2.92. The van der Waals surface area contributed by atoms with E-state index in [9.17, 15) is 0 Å². The average Bonchev–Trinajstić information content (AvgIpc) is 2.79. The van der Waals surface area contributed by atoms with Crippen molar-refractivity contribution in [3.05, 3.63) is 32.7 Å². The molecule has 17 heavy (non-hydrogen) atoms. The standard InChI is InChI=1S/C13H17Br2NO/c1-2-12-9(5-6-17-12)13(16)10-7-8(14)3-4-11(10)15/h3-4,7,9,12-13H,2,5-6,16H2,1H3. The van der Waals surface area contributed by atoms with E-state index in [1.165, 1.54) is 0 Å². The van der Waals surface area contributed by atoms with Crippen molar-refractivity contribution in [3.63, 3.8) is 0 Å². The second-order valence-electron chi connectivity index (χ2n) is 4.46. The fourth-order valence-electron chi connectivity index (χ4n) is 2.50. The molecule has 0 radical (unpaired) electrons. The lowest BCUT2D eigenvalue weighted by Crippen LogP contribution is -2.28. The third-order valence-corrected chi connectivity index (χ3v) is 4.66. The van der Waals surface area contributed by atoms with E-state index in [1.54, 1.807) is 0 Å². The summed E-state index contributed by atoms with van der Waals surface area (Å²) in [6, 6.07) is 6.19. The van der Waals surface area contributed by atoms with Gasteiger partial charge in [-0.1, -0.05) is 38.8 Å². The Bertz CT molecular complexity index is 397. The van der Waals surface area contributed by atoms with Crippen LogP contribution in [0.2, 0.25) is 0 Å². The normalized spacial score (nSPS) is 26.1. The molecule has 1 fully saturated rings. The highest BCUT2D eigenvalue weighted by Crippen LogP contribution is 2.36. The summed E-state index contributed by atoms with van der Waals surface area (Å²) in [4.78, 5) is 0. The zero-order valence-electron chi connectivity index (χ0n) is 9.83. The zero-order chi connectivity index (χ0) is 12.4. The smallest absolute Gasteiger partial charge is 0.0619 e. The Labute approximate surface area is 119 Å². The summed E-state index contributed by atoms with van der Waals surface area (Å²) in [6.45, 7) is 2.99. The summed E-state index contributed by atoms with van der Waals surface area (Å²) in [5.74, 6) is 0.422. The topological polar surface area (TPSA) is 35.2 Å². The van der Waals surface area contributed by atoms with E-state index in [0.717, 1.165) is 34.0 Å². The van der Waals surface area contributed by atoms with Crippen molar-refractivity contribution in [2.45, 2.75) is 31.9 Å². The molecule has 2 nitrogen and oxygen atoms in total. The van der Waals surface area contributed by atoms with Crippen LogP contribution in [0.1, 0.15) is 31.4 Å². The maximum absolute atomic E-state index is 6.41. The SMILES string of the molecule is CCC1OCCC1C(N)c1cc(Br)ccc1Br. The van der Waals surface area contributed by atoms with Crippen molar-refractivity contribution in [2.24, 2.45) is 11.7 Å². The molecule has 1 saturated heterocycles. The second kappa shape index (κ2) is 5.83. The van der Waals surface area contributed by atoms with Gasteiger partial charge in [0.25, 0.3) is 0 Å². The Morgan fingerprint density at radius 2 is 2.24 bits per heavy atom. The minimum absolute atomic E-state index is 0.0364. The molecule has 0 saturated carbocycles. The first-order valence-electron chi connectivity index (χ1n) is 5.95. The lowest BCUT2D eigenvalue weighted by Gasteiger charge is -2.25. The summed E-state index contributed by atoms with van der Waals surface area (Å²) < 4.78 is 7.87. The largest absolute Gasteiger partial charge is 0.378 e. The number of hydrogen-bond acceptors (Lipinski definition) is 2. The fourth-order valence-corrected chi connectivity index (χ4v) is 3.39. The maximum Gasteiger partial charge on any atom is 0.0619 e. The van der Waals surface area contributed by atoms with Gasteiger partial charge < -0.3 is 10.5 Å². The first-order valence-corrected chi connectivity index (χ1v) is 7.54. The molecule has 0 aliphatic carbocycles. The molecule has 1 aliphatic rings. The molecule has 3 atom stereocenters. The zero-order valence-corrected chi connectivity index (χ0v) is 13.0. The van der Waals surface area contributed by atoms with Crippen LogP contribution >= 0.6 is 31.9 Å². The van der Waals surface area contributed by atoms with Crippen LogP contribution in [0, 0.1) is 5.92 Å². The predicted molar refractivity (Wildman–Crippen MR) is 76.9 cm³/mol. The molecular formula is C13H17Br2NO. The van der Waals surface area contributed by atoms with Crippen LogP contribution in [-0.4, -0.2) is 12.7 Å². The molecule has 1 aliphatic heterocycles. The highest BCUT2D eigenvalue weighted by Gasteiger charge is 2.33. The van der Waals surface area contributed by atoms with Crippen molar-refractivity contribution < 1.29 is 4.74 Å². The molecule has 0 aromatic heterocycles. The number of rotatable bonds is 3. The maximum atomic E-state index is 6.41. The van der Waals surface area contributed by atoms with Gasteiger partial charge in [0.1, 0.15) is 0 Å². The predicted octanol–water partition coefficient (Wildman–Crippen LogP) is 4.03. The van der Waals surface area contributed by atoms with Crippen LogP contribution < -0.4 is 5.73 Å². The van der Waals surface area contributed by atoms with Crippen LogP contribution in [0.4, 0.5) is 0 Å². The number of halogens is 2. The average molecular weight is 363 g/mol. The van der Waals surface area contributed by atoms with Gasteiger partial charge in [-0.25, -0.2) is 0 Å². The summed E-state index contributed by atoms with van der Waals surface area (Å²) in [5.41, 5.74) is 7.57.